The molecule has 1 heterocycles. The summed E-state index contributed by atoms with van der Waals surface area (Å²) in [5.74, 6) is 0. The molecule has 2 aromatic rings. The number of hydrogen-bond donors (Lipinski definition) is 2. The minimum absolute atomic E-state index is 0.179. The van der Waals surface area contributed by atoms with Crippen LogP contribution in [0.2, 0.25) is 0 Å². The smallest absolute Gasteiger partial charge is 0.291 e. The normalized spacial score (nSPS) is 17.4. The molecule has 0 aromatic heterocycles. The second-order valence-electron chi connectivity index (χ2n) is 4.34. The zero-order chi connectivity index (χ0) is 14.1. The molecule has 100 valence electrons. The molecule has 0 saturated carbocycles. The number of rotatable bonds is 2. The first-order chi connectivity index (χ1) is 9.70. The lowest BCUT2D eigenvalue weighted by molar-refractivity contribution is -0.107. The number of fused-ring (bicyclic) bond motifs is 1. The van der Waals surface area contributed by atoms with Crippen LogP contribution in [0.3, 0.4) is 0 Å². The summed E-state index contributed by atoms with van der Waals surface area (Å²) in [6, 6.07) is 13.4. The third-order valence-corrected chi connectivity index (χ3v) is 3.87. The van der Waals surface area contributed by atoms with Crippen LogP contribution in [0.15, 0.2) is 48.2 Å². The molecule has 0 spiro atoms. The number of nitrogens with one attached hydrogen (secondary N) is 1. The van der Waals surface area contributed by atoms with Crippen molar-refractivity contribution >= 4 is 38.5 Å². The minimum Gasteiger partial charge on any atom is -0.392 e. The van der Waals surface area contributed by atoms with Crippen LogP contribution >= 0.6 is 11.8 Å². The maximum Gasteiger partial charge on any atom is 0.291 e. The highest BCUT2D eigenvalue weighted by Crippen LogP contribution is 2.30. The highest BCUT2D eigenvalue weighted by atomic mass is 32.2. The molecule has 1 saturated heterocycles. The van der Waals surface area contributed by atoms with Crippen LogP contribution in [0.4, 0.5) is 4.79 Å². The number of aliphatic hydroxyl groups is 1. The molecule has 0 atom stereocenters. The van der Waals surface area contributed by atoms with E-state index < -0.39 is 5.24 Å². The van der Waals surface area contributed by atoms with Crippen LogP contribution in [0.25, 0.3) is 16.3 Å². The van der Waals surface area contributed by atoms with Gasteiger partial charge in [0.1, 0.15) is 5.70 Å². The zero-order valence-corrected chi connectivity index (χ0v) is 11.2. The fourth-order valence-electron chi connectivity index (χ4n) is 2.30. The minimum atomic E-state index is -0.406. The monoisotopic (exact) mass is 285 g/mol. The van der Waals surface area contributed by atoms with Gasteiger partial charge in [0.05, 0.1) is 6.61 Å². The van der Waals surface area contributed by atoms with Gasteiger partial charge in [-0.05, 0) is 16.3 Å². The Morgan fingerprint density at radius 1 is 1.10 bits per heavy atom. The summed E-state index contributed by atoms with van der Waals surface area (Å²) in [6.07, 6.45) is 0. The highest BCUT2D eigenvalue weighted by Gasteiger charge is 2.29. The van der Waals surface area contributed by atoms with Crippen LogP contribution in [-0.2, 0) is 4.79 Å². The van der Waals surface area contributed by atoms with E-state index in [0.717, 1.165) is 16.3 Å². The van der Waals surface area contributed by atoms with Gasteiger partial charge in [-0.3, -0.25) is 9.59 Å². The van der Waals surface area contributed by atoms with Gasteiger partial charge in [0.2, 0.25) is 5.12 Å². The molecule has 1 aliphatic rings. The summed E-state index contributed by atoms with van der Waals surface area (Å²) in [5.41, 5.74) is 1.39. The predicted molar refractivity (Wildman–Crippen MR) is 79.1 cm³/mol. The van der Waals surface area contributed by atoms with E-state index in [1.165, 1.54) is 0 Å². The largest absolute Gasteiger partial charge is 0.392 e. The first kappa shape index (κ1) is 12.9. The summed E-state index contributed by atoms with van der Waals surface area (Å²) in [4.78, 5) is 23.1. The van der Waals surface area contributed by atoms with Crippen molar-refractivity contribution in [2.24, 2.45) is 0 Å². The SMILES string of the molecule is O=C1NC(=C(CO)c2cccc3ccccc23)C(=O)S1. The molecular formula is C15H11NO3S. The molecule has 0 aliphatic carbocycles. The Morgan fingerprint density at radius 2 is 1.85 bits per heavy atom. The Balaban J connectivity index is 2.25. The van der Waals surface area contributed by atoms with Crippen molar-refractivity contribution < 1.29 is 14.7 Å². The van der Waals surface area contributed by atoms with Crippen molar-refractivity contribution in [2.45, 2.75) is 0 Å². The van der Waals surface area contributed by atoms with E-state index >= 15 is 0 Å². The van der Waals surface area contributed by atoms with Crippen LogP contribution in [0.1, 0.15) is 5.56 Å². The summed E-state index contributed by atoms with van der Waals surface area (Å²) >= 11 is 0.614. The number of amides is 1. The van der Waals surface area contributed by atoms with Crippen LogP contribution in [0.5, 0.6) is 0 Å². The van der Waals surface area contributed by atoms with Gasteiger partial charge in [0.25, 0.3) is 5.24 Å². The Hall–Kier alpha value is -2.11. The van der Waals surface area contributed by atoms with E-state index in [-0.39, 0.29) is 17.4 Å². The molecule has 2 N–H and O–H groups in total. The standard InChI is InChI=1S/C15H11NO3S/c17-8-12(13-14(18)20-15(19)16-13)11-7-3-5-9-4-1-2-6-10(9)11/h1-7,17H,8H2,(H,16,19). The van der Waals surface area contributed by atoms with E-state index in [1.54, 1.807) is 0 Å². The third kappa shape index (κ3) is 2.11. The molecule has 20 heavy (non-hydrogen) atoms. The van der Waals surface area contributed by atoms with Gasteiger partial charge in [0, 0.05) is 17.3 Å². The Labute approximate surface area is 119 Å². The average molecular weight is 285 g/mol. The third-order valence-electron chi connectivity index (χ3n) is 3.19. The topological polar surface area (TPSA) is 66.4 Å². The van der Waals surface area contributed by atoms with E-state index in [4.69, 9.17) is 0 Å². The zero-order valence-electron chi connectivity index (χ0n) is 10.4. The quantitative estimate of drug-likeness (QED) is 0.832. The summed E-state index contributed by atoms with van der Waals surface area (Å²) < 4.78 is 0. The van der Waals surface area contributed by atoms with E-state index in [2.05, 4.69) is 5.32 Å². The molecule has 4 nitrogen and oxygen atoms in total. The average Bonchev–Trinajstić information content (AvgIpc) is 2.79. The molecule has 5 heteroatoms. The number of benzene rings is 2. The molecule has 0 bridgehead atoms. The van der Waals surface area contributed by atoms with Crippen molar-refractivity contribution in [2.75, 3.05) is 6.61 Å². The number of aliphatic hydroxyl groups excluding tert-OH is 1. The highest BCUT2D eigenvalue weighted by molar-refractivity contribution is 8.27. The van der Waals surface area contributed by atoms with Gasteiger partial charge < -0.3 is 10.4 Å². The lowest BCUT2D eigenvalue weighted by Crippen LogP contribution is -2.14. The molecule has 2 aromatic carbocycles. The van der Waals surface area contributed by atoms with Gasteiger partial charge in [0.15, 0.2) is 0 Å². The fraction of sp³-hybridized carbons (Fsp3) is 0.0667. The van der Waals surface area contributed by atoms with Crippen LogP contribution in [0, 0.1) is 0 Å². The fourth-order valence-corrected chi connectivity index (χ4v) is 2.90. The molecule has 0 unspecified atom stereocenters. The number of thioether (sulfide) groups is 1. The molecule has 1 fully saturated rings. The molecule has 3 rings (SSSR count). The van der Waals surface area contributed by atoms with Gasteiger partial charge in [-0.15, -0.1) is 0 Å². The van der Waals surface area contributed by atoms with Gasteiger partial charge in [-0.25, -0.2) is 0 Å². The number of carbonyl (C=O) groups is 2. The lowest BCUT2D eigenvalue weighted by atomic mass is 9.97. The maximum absolute atomic E-state index is 11.8. The maximum atomic E-state index is 11.8. The first-order valence-corrected chi connectivity index (χ1v) is 6.87. The van der Waals surface area contributed by atoms with Crippen molar-refractivity contribution in [3.8, 4) is 0 Å². The Kier molecular flexibility index (Phi) is 3.30. The van der Waals surface area contributed by atoms with Crippen LogP contribution in [-0.4, -0.2) is 22.1 Å². The van der Waals surface area contributed by atoms with Crippen molar-refractivity contribution in [3.05, 3.63) is 53.7 Å². The van der Waals surface area contributed by atoms with E-state index in [0.29, 0.717) is 17.3 Å². The van der Waals surface area contributed by atoms with E-state index in [1.807, 2.05) is 42.5 Å². The van der Waals surface area contributed by atoms with Crippen LogP contribution < -0.4 is 5.32 Å². The van der Waals surface area contributed by atoms with Crippen molar-refractivity contribution in [1.29, 1.82) is 0 Å². The van der Waals surface area contributed by atoms with E-state index in [9.17, 15) is 14.7 Å². The molecule has 0 radical (unpaired) electrons. The summed E-state index contributed by atoms with van der Waals surface area (Å²) in [6.45, 7) is -0.310. The molecule has 1 amide bonds. The second kappa shape index (κ2) is 5.11. The van der Waals surface area contributed by atoms with Gasteiger partial charge in [-0.1, -0.05) is 42.5 Å². The second-order valence-corrected chi connectivity index (χ2v) is 5.29. The molecular weight excluding hydrogens is 274 g/mol. The van der Waals surface area contributed by atoms with Gasteiger partial charge >= 0.3 is 0 Å². The van der Waals surface area contributed by atoms with Crippen molar-refractivity contribution in [1.82, 2.24) is 5.32 Å². The number of hydrogen-bond acceptors (Lipinski definition) is 4. The number of carbonyl (C=O) groups excluding carboxylic acids is 2. The lowest BCUT2D eigenvalue weighted by Gasteiger charge is -2.11. The molecule has 1 aliphatic heterocycles. The summed E-state index contributed by atoms with van der Waals surface area (Å²) in [7, 11) is 0. The summed E-state index contributed by atoms with van der Waals surface area (Å²) in [5, 5.41) is 13.3. The Morgan fingerprint density at radius 3 is 2.55 bits per heavy atom. The van der Waals surface area contributed by atoms with Gasteiger partial charge in [-0.2, -0.15) is 0 Å². The van der Waals surface area contributed by atoms with Crippen molar-refractivity contribution in [3.63, 3.8) is 0 Å². The first-order valence-electron chi connectivity index (χ1n) is 6.06. The predicted octanol–water partition coefficient (Wildman–Crippen LogP) is 2.53. The Bertz CT molecular complexity index is 746.